The number of fused-ring (bicyclic) bond motifs is 1. The smallest absolute Gasteiger partial charge is 0.124 e. The molecule has 3 rings (SSSR count). The second kappa shape index (κ2) is 4.88. The summed E-state index contributed by atoms with van der Waals surface area (Å²) in [6, 6.07) is 8.35. The Morgan fingerprint density at radius 3 is 3.00 bits per heavy atom. The van der Waals surface area contributed by atoms with Crippen LogP contribution < -0.4 is 10.5 Å². The summed E-state index contributed by atoms with van der Waals surface area (Å²) >= 11 is 0. The van der Waals surface area contributed by atoms with Gasteiger partial charge < -0.3 is 15.2 Å². The molecule has 1 aromatic carbocycles. The van der Waals surface area contributed by atoms with Crippen LogP contribution in [0, 0.1) is 0 Å². The van der Waals surface area contributed by atoms with Gasteiger partial charge in [-0.3, -0.25) is 4.90 Å². The minimum atomic E-state index is 0.0280. The molecule has 3 unspecified atom stereocenters. The fourth-order valence-corrected chi connectivity index (χ4v) is 2.85. The standard InChI is InChI=1S/C14H20N2O2/c1-10-8-16(6-7-17-10)12-9-18-13-5-3-2-4-11(13)14(12)15/h2-5,10,12,14H,6-9,15H2,1H3. The van der Waals surface area contributed by atoms with Crippen LogP contribution in [0.25, 0.3) is 0 Å². The third kappa shape index (κ3) is 2.11. The predicted molar refractivity (Wildman–Crippen MR) is 69.6 cm³/mol. The van der Waals surface area contributed by atoms with E-state index < -0.39 is 0 Å². The number of rotatable bonds is 1. The van der Waals surface area contributed by atoms with Gasteiger partial charge in [0, 0.05) is 18.7 Å². The molecule has 0 spiro atoms. The molecule has 18 heavy (non-hydrogen) atoms. The van der Waals surface area contributed by atoms with Crippen molar-refractivity contribution < 1.29 is 9.47 Å². The first-order valence-corrected chi connectivity index (χ1v) is 6.58. The summed E-state index contributed by atoms with van der Waals surface area (Å²) in [6.07, 6.45) is 0.281. The largest absolute Gasteiger partial charge is 0.492 e. The van der Waals surface area contributed by atoms with E-state index in [0.29, 0.717) is 6.61 Å². The number of benzene rings is 1. The number of nitrogens with zero attached hydrogens (tertiary/aromatic N) is 1. The van der Waals surface area contributed by atoms with Crippen LogP contribution >= 0.6 is 0 Å². The minimum Gasteiger partial charge on any atom is -0.492 e. The quantitative estimate of drug-likeness (QED) is 0.810. The Balaban J connectivity index is 1.79. The molecule has 98 valence electrons. The Morgan fingerprint density at radius 1 is 1.33 bits per heavy atom. The van der Waals surface area contributed by atoms with Crippen molar-refractivity contribution in [2.45, 2.75) is 25.1 Å². The number of hydrogen-bond donors (Lipinski definition) is 1. The SMILES string of the molecule is CC1CN(C2COc3ccccc3C2N)CCO1. The van der Waals surface area contributed by atoms with Crippen molar-refractivity contribution >= 4 is 0 Å². The van der Waals surface area contributed by atoms with E-state index in [0.717, 1.165) is 31.0 Å². The maximum atomic E-state index is 6.40. The third-order valence-electron chi connectivity index (χ3n) is 3.84. The van der Waals surface area contributed by atoms with Gasteiger partial charge in [-0.15, -0.1) is 0 Å². The molecule has 0 aromatic heterocycles. The van der Waals surface area contributed by atoms with E-state index in [9.17, 15) is 0 Å². The van der Waals surface area contributed by atoms with Gasteiger partial charge in [0.25, 0.3) is 0 Å². The van der Waals surface area contributed by atoms with Crippen molar-refractivity contribution in [3.05, 3.63) is 29.8 Å². The maximum absolute atomic E-state index is 6.40. The van der Waals surface area contributed by atoms with Gasteiger partial charge in [0.15, 0.2) is 0 Å². The molecule has 0 aliphatic carbocycles. The van der Waals surface area contributed by atoms with Gasteiger partial charge >= 0.3 is 0 Å². The first-order valence-electron chi connectivity index (χ1n) is 6.58. The number of para-hydroxylation sites is 1. The molecule has 2 heterocycles. The molecule has 4 nitrogen and oxygen atoms in total. The number of ether oxygens (including phenoxy) is 2. The highest BCUT2D eigenvalue weighted by molar-refractivity contribution is 5.38. The molecule has 0 bridgehead atoms. The van der Waals surface area contributed by atoms with Crippen LogP contribution in [-0.4, -0.2) is 43.3 Å². The van der Waals surface area contributed by atoms with Crippen molar-refractivity contribution in [1.82, 2.24) is 4.90 Å². The molecule has 2 aliphatic heterocycles. The zero-order valence-corrected chi connectivity index (χ0v) is 10.7. The molecule has 2 N–H and O–H groups in total. The second-order valence-corrected chi connectivity index (χ2v) is 5.12. The van der Waals surface area contributed by atoms with Gasteiger partial charge in [-0.25, -0.2) is 0 Å². The molecule has 1 fully saturated rings. The Hall–Kier alpha value is -1.10. The maximum Gasteiger partial charge on any atom is 0.124 e. The average molecular weight is 248 g/mol. The topological polar surface area (TPSA) is 47.7 Å². The van der Waals surface area contributed by atoms with Gasteiger partial charge in [-0.05, 0) is 13.0 Å². The summed E-state index contributed by atoms with van der Waals surface area (Å²) in [4.78, 5) is 2.40. The highest BCUT2D eigenvalue weighted by atomic mass is 16.5. The van der Waals surface area contributed by atoms with Crippen LogP contribution in [0.4, 0.5) is 0 Å². The summed E-state index contributed by atoms with van der Waals surface area (Å²) in [7, 11) is 0. The Kier molecular flexibility index (Phi) is 3.24. The lowest BCUT2D eigenvalue weighted by molar-refractivity contribution is -0.0478. The molecule has 1 aromatic rings. The van der Waals surface area contributed by atoms with Crippen LogP contribution in [-0.2, 0) is 4.74 Å². The zero-order valence-electron chi connectivity index (χ0n) is 10.7. The number of morpholine rings is 1. The Bertz CT molecular complexity index is 424. The van der Waals surface area contributed by atoms with Gasteiger partial charge in [-0.1, -0.05) is 18.2 Å². The lowest BCUT2D eigenvalue weighted by Gasteiger charge is -2.42. The van der Waals surface area contributed by atoms with Crippen molar-refractivity contribution in [3.8, 4) is 5.75 Å². The summed E-state index contributed by atoms with van der Waals surface area (Å²) in [6.45, 7) is 5.43. The Morgan fingerprint density at radius 2 is 2.17 bits per heavy atom. The van der Waals surface area contributed by atoms with E-state index in [1.807, 2.05) is 18.2 Å². The molecule has 3 atom stereocenters. The van der Waals surface area contributed by atoms with E-state index in [1.165, 1.54) is 0 Å². The van der Waals surface area contributed by atoms with Crippen LogP contribution in [0.5, 0.6) is 5.75 Å². The fourth-order valence-electron chi connectivity index (χ4n) is 2.85. The van der Waals surface area contributed by atoms with Crippen LogP contribution in [0.3, 0.4) is 0 Å². The number of hydrogen-bond acceptors (Lipinski definition) is 4. The van der Waals surface area contributed by atoms with Crippen molar-refractivity contribution in [2.24, 2.45) is 5.73 Å². The summed E-state index contributed by atoms with van der Waals surface area (Å²) in [5.41, 5.74) is 7.52. The normalized spacial score (nSPS) is 32.7. The van der Waals surface area contributed by atoms with E-state index >= 15 is 0 Å². The minimum absolute atomic E-state index is 0.0280. The van der Waals surface area contributed by atoms with Crippen molar-refractivity contribution in [1.29, 1.82) is 0 Å². The van der Waals surface area contributed by atoms with Gasteiger partial charge in [0.1, 0.15) is 12.4 Å². The molecule has 4 heteroatoms. The van der Waals surface area contributed by atoms with E-state index in [-0.39, 0.29) is 18.2 Å². The first kappa shape index (κ1) is 12.0. The van der Waals surface area contributed by atoms with Crippen molar-refractivity contribution in [3.63, 3.8) is 0 Å². The molecule has 0 amide bonds. The van der Waals surface area contributed by atoms with Gasteiger partial charge in [0.2, 0.25) is 0 Å². The summed E-state index contributed by atoms with van der Waals surface area (Å²) in [5, 5.41) is 0. The Labute approximate surface area is 108 Å². The first-order chi connectivity index (χ1) is 8.75. The molecule has 0 radical (unpaired) electrons. The lowest BCUT2D eigenvalue weighted by atomic mass is 9.95. The second-order valence-electron chi connectivity index (χ2n) is 5.12. The van der Waals surface area contributed by atoms with E-state index in [2.05, 4.69) is 17.9 Å². The zero-order chi connectivity index (χ0) is 12.5. The predicted octanol–water partition coefficient (Wildman–Crippen LogP) is 1.17. The van der Waals surface area contributed by atoms with Crippen molar-refractivity contribution in [2.75, 3.05) is 26.3 Å². The van der Waals surface area contributed by atoms with Crippen LogP contribution in [0.15, 0.2) is 24.3 Å². The molecule has 1 saturated heterocycles. The van der Waals surface area contributed by atoms with Crippen LogP contribution in [0.2, 0.25) is 0 Å². The third-order valence-corrected chi connectivity index (χ3v) is 3.84. The molecule has 0 saturated carbocycles. The summed E-state index contributed by atoms with van der Waals surface area (Å²) in [5.74, 6) is 0.933. The van der Waals surface area contributed by atoms with E-state index in [4.69, 9.17) is 15.2 Å². The average Bonchev–Trinajstić information content (AvgIpc) is 2.39. The molecule has 2 aliphatic rings. The van der Waals surface area contributed by atoms with E-state index in [1.54, 1.807) is 0 Å². The van der Waals surface area contributed by atoms with Gasteiger partial charge in [0.05, 0.1) is 24.8 Å². The summed E-state index contributed by atoms with van der Waals surface area (Å²) < 4.78 is 11.4. The lowest BCUT2D eigenvalue weighted by Crippen LogP contribution is -2.54. The molecular formula is C14H20N2O2. The highest BCUT2D eigenvalue weighted by Gasteiger charge is 2.34. The van der Waals surface area contributed by atoms with Gasteiger partial charge in [-0.2, -0.15) is 0 Å². The monoisotopic (exact) mass is 248 g/mol. The highest BCUT2D eigenvalue weighted by Crippen LogP contribution is 2.32. The van der Waals surface area contributed by atoms with Crippen LogP contribution in [0.1, 0.15) is 18.5 Å². The fraction of sp³-hybridized carbons (Fsp3) is 0.571. The number of nitrogens with two attached hydrogens (primary N) is 1. The molecular weight excluding hydrogens is 228 g/mol.